The molecule has 0 aliphatic carbocycles. The van der Waals surface area contributed by atoms with Gasteiger partial charge in [-0.15, -0.1) is 0 Å². The number of anilines is 1. The van der Waals surface area contributed by atoms with E-state index in [2.05, 4.69) is 32.2 Å². The third kappa shape index (κ3) is 4.09. The van der Waals surface area contributed by atoms with Crippen LogP contribution >= 0.6 is 11.6 Å². The van der Waals surface area contributed by atoms with Crippen LogP contribution < -0.4 is 5.32 Å². The molecule has 0 saturated heterocycles. The maximum absolute atomic E-state index is 12.9. The van der Waals surface area contributed by atoms with Crippen molar-refractivity contribution in [1.29, 1.82) is 0 Å². The summed E-state index contributed by atoms with van der Waals surface area (Å²) in [4.78, 5) is 31.1. The number of hydrogen-bond donors (Lipinski definition) is 2. The normalized spacial score (nSPS) is 11.6. The predicted molar refractivity (Wildman–Crippen MR) is 117 cm³/mol. The van der Waals surface area contributed by atoms with Crippen molar-refractivity contribution in [3.63, 3.8) is 0 Å². The molecule has 3 aromatic heterocycles. The molecule has 2 N–H and O–H groups in total. The van der Waals surface area contributed by atoms with Gasteiger partial charge >= 0.3 is 0 Å². The molecule has 3 aromatic rings. The van der Waals surface area contributed by atoms with Crippen molar-refractivity contribution in [2.24, 2.45) is 0 Å². The van der Waals surface area contributed by atoms with Gasteiger partial charge in [-0.2, -0.15) is 0 Å². The van der Waals surface area contributed by atoms with E-state index >= 15 is 0 Å². The number of hydrogen-bond acceptors (Lipinski definition) is 5. The van der Waals surface area contributed by atoms with Crippen molar-refractivity contribution in [1.82, 2.24) is 24.8 Å². The number of nitrogens with zero attached hydrogens (tertiary/aromatic N) is 4. The van der Waals surface area contributed by atoms with Crippen LogP contribution in [0.3, 0.4) is 0 Å². The van der Waals surface area contributed by atoms with E-state index in [1.807, 2.05) is 37.9 Å². The lowest BCUT2D eigenvalue weighted by molar-refractivity contribution is -0.134. The number of carbonyl (C=O) groups excluding carboxylic acids is 1. The van der Waals surface area contributed by atoms with Crippen molar-refractivity contribution >= 4 is 34.4 Å². The molecule has 3 heterocycles. The van der Waals surface area contributed by atoms with Crippen LogP contribution in [0.25, 0.3) is 22.4 Å². The van der Waals surface area contributed by atoms with E-state index in [0.717, 1.165) is 29.6 Å². The zero-order valence-electron chi connectivity index (χ0n) is 16.6. The van der Waals surface area contributed by atoms with Gasteiger partial charge < -0.3 is 15.2 Å². The molecule has 3 rings (SSSR count). The number of pyridine rings is 1. The van der Waals surface area contributed by atoms with E-state index in [1.54, 1.807) is 18.5 Å². The highest BCUT2D eigenvalue weighted by atomic mass is 35.5. The summed E-state index contributed by atoms with van der Waals surface area (Å²) in [6.45, 7) is 9.20. The van der Waals surface area contributed by atoms with E-state index in [9.17, 15) is 4.79 Å². The van der Waals surface area contributed by atoms with Crippen LogP contribution in [0, 0.1) is 0 Å². The minimum atomic E-state index is -0.790. The fraction of sp³-hybridized carbons (Fsp3) is 0.400. The Bertz CT molecular complexity index is 994. The quantitative estimate of drug-likeness (QED) is 0.600. The van der Waals surface area contributed by atoms with Gasteiger partial charge in [-0.25, -0.2) is 15.0 Å². The number of fused-ring (bicyclic) bond motifs is 1. The Labute approximate surface area is 172 Å². The molecular formula is C20H29ClN6O. The van der Waals surface area contributed by atoms with Crippen LogP contribution in [0.2, 0.25) is 5.02 Å². The Morgan fingerprint density at radius 1 is 1.36 bits per heavy atom. The first kappa shape index (κ1) is 20.1. The Kier molecular flexibility index (Phi) is 5.84. The highest BCUT2D eigenvalue weighted by Gasteiger charge is 2.31. The Morgan fingerprint density at radius 2 is 2.14 bits per heavy atom. The average molecular weight is 405 g/mol. The maximum Gasteiger partial charge on any atom is 0.247 e. The van der Waals surface area contributed by atoms with Gasteiger partial charge in [0.25, 0.3) is 0 Å². The minimum absolute atomic E-state index is 0. The third-order valence-electron chi connectivity index (χ3n) is 4.53. The number of aromatic amines is 1. The first-order chi connectivity index (χ1) is 13.4. The molecule has 1 amide bonds. The number of carbonyl (C=O) groups is 1. The average Bonchev–Trinajstić information content (AvgIpc) is 3.08. The molecule has 0 aliphatic heterocycles. The summed E-state index contributed by atoms with van der Waals surface area (Å²) in [6.07, 6.45) is 5.99. The molecular weight excluding hydrogens is 376 g/mol. The molecule has 0 atom stereocenters. The fourth-order valence-electron chi connectivity index (χ4n) is 3.16. The number of amides is 1. The van der Waals surface area contributed by atoms with Gasteiger partial charge in [0.1, 0.15) is 17.0 Å². The van der Waals surface area contributed by atoms with Crippen LogP contribution in [-0.2, 0) is 4.79 Å². The third-order valence-corrected chi connectivity index (χ3v) is 4.74. The van der Waals surface area contributed by atoms with E-state index < -0.39 is 5.54 Å². The maximum atomic E-state index is 12.9. The van der Waals surface area contributed by atoms with Gasteiger partial charge in [0.05, 0.1) is 5.02 Å². The zero-order chi connectivity index (χ0) is 20.3. The summed E-state index contributed by atoms with van der Waals surface area (Å²) in [5.74, 6) is 1.16. The Balaban J connectivity index is 0.00000225. The van der Waals surface area contributed by atoms with Gasteiger partial charge in [-0.05, 0) is 39.3 Å². The standard InChI is InChI=1S/C20H25ClN6O.2H2/c1-5-9-27(6-2)19(28)20(3,4)26-16-7-8-22-18(25-16)15-12-24-17-14(15)10-13(21)11-23-17;;/h7-8,10-12H,5-6,9H2,1-4H3,(H,23,24)(H,22,25,26);2*1H. The van der Waals surface area contributed by atoms with Crippen molar-refractivity contribution in [2.45, 2.75) is 39.7 Å². The molecule has 0 fully saturated rings. The monoisotopic (exact) mass is 404 g/mol. The predicted octanol–water partition coefficient (Wildman–Crippen LogP) is 4.61. The van der Waals surface area contributed by atoms with Gasteiger partial charge in [-0.3, -0.25) is 4.79 Å². The van der Waals surface area contributed by atoms with E-state index in [-0.39, 0.29) is 8.76 Å². The number of H-pyrrole nitrogens is 1. The molecule has 8 heteroatoms. The number of nitrogens with one attached hydrogen (secondary N) is 2. The lowest BCUT2D eigenvalue weighted by atomic mass is 10.0. The number of halogens is 1. The zero-order valence-corrected chi connectivity index (χ0v) is 17.3. The summed E-state index contributed by atoms with van der Waals surface area (Å²) in [5, 5.41) is 4.65. The van der Waals surface area contributed by atoms with Crippen LogP contribution in [0.1, 0.15) is 37.0 Å². The molecule has 0 saturated carbocycles. The molecule has 0 bridgehead atoms. The molecule has 0 radical (unpaired) electrons. The smallest absolute Gasteiger partial charge is 0.247 e. The summed E-state index contributed by atoms with van der Waals surface area (Å²) in [5.41, 5.74) is 0.732. The number of aromatic nitrogens is 4. The van der Waals surface area contributed by atoms with E-state index in [4.69, 9.17) is 11.6 Å². The summed E-state index contributed by atoms with van der Waals surface area (Å²) in [7, 11) is 0. The summed E-state index contributed by atoms with van der Waals surface area (Å²) in [6, 6.07) is 3.59. The van der Waals surface area contributed by atoms with Crippen molar-refractivity contribution in [3.05, 3.63) is 35.7 Å². The van der Waals surface area contributed by atoms with Gasteiger partial charge in [-0.1, -0.05) is 18.5 Å². The van der Waals surface area contributed by atoms with Crippen LogP contribution in [0.5, 0.6) is 0 Å². The Hall–Kier alpha value is -2.67. The van der Waals surface area contributed by atoms with Crippen molar-refractivity contribution < 1.29 is 7.65 Å². The molecule has 0 aliphatic rings. The van der Waals surface area contributed by atoms with Crippen LogP contribution in [0.4, 0.5) is 5.82 Å². The highest BCUT2D eigenvalue weighted by molar-refractivity contribution is 6.31. The van der Waals surface area contributed by atoms with Crippen molar-refractivity contribution in [3.8, 4) is 11.4 Å². The summed E-state index contributed by atoms with van der Waals surface area (Å²) >= 11 is 6.09. The largest absolute Gasteiger partial charge is 0.356 e. The topological polar surface area (TPSA) is 86.8 Å². The lowest BCUT2D eigenvalue weighted by Gasteiger charge is -2.32. The molecule has 0 aromatic carbocycles. The van der Waals surface area contributed by atoms with Crippen molar-refractivity contribution in [2.75, 3.05) is 18.4 Å². The number of rotatable bonds is 7. The lowest BCUT2D eigenvalue weighted by Crippen LogP contribution is -2.50. The van der Waals surface area contributed by atoms with Crippen LogP contribution in [0.15, 0.2) is 30.7 Å². The first-order valence-electron chi connectivity index (χ1n) is 9.39. The first-order valence-corrected chi connectivity index (χ1v) is 9.77. The molecule has 7 nitrogen and oxygen atoms in total. The van der Waals surface area contributed by atoms with E-state index in [0.29, 0.717) is 23.2 Å². The molecule has 152 valence electrons. The SMILES string of the molecule is CCCN(CC)C(=O)C(C)(C)Nc1ccnc(-c2c[nH]c3ncc(Cl)cc23)n1.[HH].[HH]. The van der Waals surface area contributed by atoms with Gasteiger partial charge in [0, 0.05) is 45.5 Å². The molecule has 0 unspecified atom stereocenters. The van der Waals surface area contributed by atoms with Gasteiger partial charge in [0.15, 0.2) is 5.82 Å². The Morgan fingerprint density at radius 3 is 2.86 bits per heavy atom. The molecule has 28 heavy (non-hydrogen) atoms. The van der Waals surface area contributed by atoms with Gasteiger partial charge in [0.2, 0.25) is 5.91 Å². The second-order valence-electron chi connectivity index (χ2n) is 7.15. The number of likely N-dealkylation sites (N-methyl/N-ethyl adjacent to an activating group) is 1. The second-order valence-corrected chi connectivity index (χ2v) is 7.59. The summed E-state index contributed by atoms with van der Waals surface area (Å²) < 4.78 is 0. The second kappa shape index (κ2) is 8.14. The molecule has 0 spiro atoms. The minimum Gasteiger partial charge on any atom is -0.356 e. The fourth-order valence-corrected chi connectivity index (χ4v) is 3.32. The van der Waals surface area contributed by atoms with Crippen LogP contribution in [-0.4, -0.2) is 49.4 Å². The highest BCUT2D eigenvalue weighted by Crippen LogP contribution is 2.28. The van der Waals surface area contributed by atoms with E-state index in [1.165, 1.54) is 0 Å².